The summed E-state index contributed by atoms with van der Waals surface area (Å²) in [6.45, 7) is 1.72. The highest BCUT2D eigenvalue weighted by atomic mass is 16.2. The van der Waals surface area contributed by atoms with E-state index in [0.29, 0.717) is 31.6 Å². The van der Waals surface area contributed by atoms with Crippen molar-refractivity contribution in [1.82, 2.24) is 15.5 Å². The van der Waals surface area contributed by atoms with E-state index >= 15 is 0 Å². The Hall–Kier alpha value is -2.25. The largest absolute Gasteiger partial charge is 0.329 e. The predicted octanol–water partition coefficient (Wildman–Crippen LogP) is 1.20. The van der Waals surface area contributed by atoms with Crippen molar-refractivity contribution < 1.29 is 14.4 Å². The zero-order valence-corrected chi connectivity index (χ0v) is 16.1. The number of benzene rings is 1. The molecule has 1 saturated carbocycles. The number of piperidine rings is 1. The van der Waals surface area contributed by atoms with Gasteiger partial charge >= 0.3 is 0 Å². The van der Waals surface area contributed by atoms with Crippen LogP contribution in [0, 0.1) is 0 Å². The predicted molar refractivity (Wildman–Crippen MR) is 104 cm³/mol. The molecule has 2 heterocycles. The van der Waals surface area contributed by atoms with Gasteiger partial charge in [0.25, 0.3) is 5.91 Å². The maximum atomic E-state index is 12.9. The van der Waals surface area contributed by atoms with Crippen molar-refractivity contribution in [3.63, 3.8) is 0 Å². The average Bonchev–Trinajstić information content (AvgIpc) is 3.03. The highest BCUT2D eigenvalue weighted by molar-refractivity contribution is 6.05. The summed E-state index contributed by atoms with van der Waals surface area (Å²) in [6.07, 6.45) is 6.52. The maximum absolute atomic E-state index is 12.9. The second-order valence-electron chi connectivity index (χ2n) is 8.29. The van der Waals surface area contributed by atoms with E-state index in [1.54, 1.807) is 4.90 Å². The van der Waals surface area contributed by atoms with Gasteiger partial charge in [-0.3, -0.25) is 19.7 Å². The molecule has 0 spiro atoms. The SMILES string of the molecule is NCC1(NCc2ccc3c(c2)C(=O)N(C2CCC(=O)NC2=O)C3)CCCCC1. The summed E-state index contributed by atoms with van der Waals surface area (Å²) in [5, 5.41) is 5.98. The van der Waals surface area contributed by atoms with Crippen molar-refractivity contribution in [2.45, 2.75) is 69.6 Å². The van der Waals surface area contributed by atoms with Crippen LogP contribution in [0.3, 0.4) is 0 Å². The van der Waals surface area contributed by atoms with Gasteiger partial charge in [-0.1, -0.05) is 31.4 Å². The van der Waals surface area contributed by atoms with Crippen molar-refractivity contribution in [2.75, 3.05) is 6.54 Å². The lowest BCUT2D eigenvalue weighted by molar-refractivity contribution is -0.136. The van der Waals surface area contributed by atoms with E-state index < -0.39 is 6.04 Å². The number of nitrogens with two attached hydrogens (primary N) is 1. The number of amides is 3. The Morgan fingerprint density at radius 3 is 2.68 bits per heavy atom. The second kappa shape index (κ2) is 7.64. The van der Waals surface area contributed by atoms with Crippen LogP contribution in [0.4, 0.5) is 0 Å². The topological polar surface area (TPSA) is 105 Å². The summed E-state index contributed by atoms with van der Waals surface area (Å²) >= 11 is 0. The summed E-state index contributed by atoms with van der Waals surface area (Å²) in [5.74, 6) is -0.769. The molecule has 1 saturated heterocycles. The summed E-state index contributed by atoms with van der Waals surface area (Å²) in [5.41, 5.74) is 8.70. The quantitative estimate of drug-likeness (QED) is 0.662. The minimum Gasteiger partial charge on any atom is -0.329 e. The van der Waals surface area contributed by atoms with Gasteiger partial charge in [-0.25, -0.2) is 0 Å². The number of rotatable bonds is 5. The Kier molecular flexibility index (Phi) is 5.21. The number of nitrogens with zero attached hydrogens (tertiary/aromatic N) is 1. The molecule has 1 aliphatic carbocycles. The first kappa shape index (κ1) is 19.1. The van der Waals surface area contributed by atoms with E-state index in [2.05, 4.69) is 10.6 Å². The van der Waals surface area contributed by atoms with Gasteiger partial charge in [0.05, 0.1) is 0 Å². The fourth-order valence-electron chi connectivity index (χ4n) is 4.68. The Morgan fingerprint density at radius 2 is 1.96 bits per heavy atom. The molecule has 1 atom stereocenters. The third-order valence-electron chi connectivity index (χ3n) is 6.46. The van der Waals surface area contributed by atoms with Crippen LogP contribution in [-0.4, -0.2) is 40.7 Å². The molecule has 4 N–H and O–H groups in total. The Balaban J connectivity index is 1.45. The standard InChI is InChI=1S/C21H28N4O3/c22-13-21(8-2-1-3-9-21)23-11-14-4-5-15-12-25(20(28)16(15)10-14)17-6-7-18(26)24-19(17)27/h4-5,10,17,23H,1-3,6-9,11-13,22H2,(H,24,26,27). The normalized spacial score (nSPS) is 24.2. The van der Waals surface area contributed by atoms with E-state index in [9.17, 15) is 14.4 Å². The van der Waals surface area contributed by atoms with Crippen LogP contribution in [-0.2, 0) is 22.7 Å². The van der Waals surface area contributed by atoms with Crippen molar-refractivity contribution in [2.24, 2.45) is 5.73 Å². The van der Waals surface area contributed by atoms with E-state index in [1.807, 2.05) is 18.2 Å². The number of carbonyl (C=O) groups is 3. The van der Waals surface area contributed by atoms with Gasteiger partial charge in [0, 0.05) is 37.2 Å². The zero-order valence-electron chi connectivity index (χ0n) is 16.1. The molecule has 7 nitrogen and oxygen atoms in total. The second-order valence-corrected chi connectivity index (χ2v) is 8.29. The Bertz CT molecular complexity index is 801. The average molecular weight is 384 g/mol. The Morgan fingerprint density at radius 1 is 1.18 bits per heavy atom. The lowest BCUT2D eigenvalue weighted by Gasteiger charge is -2.37. The van der Waals surface area contributed by atoms with Gasteiger partial charge in [-0.05, 0) is 36.5 Å². The van der Waals surface area contributed by atoms with Crippen LogP contribution < -0.4 is 16.4 Å². The molecule has 3 aliphatic rings. The summed E-state index contributed by atoms with van der Waals surface area (Å²) in [6, 6.07) is 5.39. The fraction of sp³-hybridized carbons (Fsp3) is 0.571. The van der Waals surface area contributed by atoms with Crippen LogP contribution in [0.5, 0.6) is 0 Å². The molecular weight excluding hydrogens is 356 g/mol. The third kappa shape index (κ3) is 3.56. The highest BCUT2D eigenvalue weighted by Crippen LogP contribution is 2.30. The van der Waals surface area contributed by atoms with Gasteiger partial charge < -0.3 is 16.0 Å². The first-order valence-corrected chi connectivity index (χ1v) is 10.2. The highest BCUT2D eigenvalue weighted by Gasteiger charge is 2.39. The van der Waals surface area contributed by atoms with Gasteiger partial charge in [0.1, 0.15) is 6.04 Å². The fourth-order valence-corrected chi connectivity index (χ4v) is 4.68. The molecule has 2 aliphatic heterocycles. The van der Waals surface area contributed by atoms with Crippen LogP contribution >= 0.6 is 0 Å². The first-order valence-electron chi connectivity index (χ1n) is 10.2. The van der Waals surface area contributed by atoms with Gasteiger partial charge in [-0.15, -0.1) is 0 Å². The molecule has 150 valence electrons. The number of carbonyl (C=O) groups excluding carboxylic acids is 3. The molecule has 0 aromatic heterocycles. The van der Waals surface area contributed by atoms with E-state index in [1.165, 1.54) is 19.3 Å². The van der Waals surface area contributed by atoms with E-state index in [4.69, 9.17) is 5.73 Å². The zero-order chi connectivity index (χ0) is 19.7. The molecule has 3 amide bonds. The number of fused-ring (bicyclic) bond motifs is 1. The van der Waals surface area contributed by atoms with Crippen molar-refractivity contribution in [3.8, 4) is 0 Å². The minimum atomic E-state index is -0.568. The van der Waals surface area contributed by atoms with Crippen LogP contribution in [0.15, 0.2) is 18.2 Å². The maximum Gasteiger partial charge on any atom is 0.255 e. The number of nitrogens with one attached hydrogen (secondary N) is 2. The van der Waals surface area contributed by atoms with Gasteiger partial charge in [-0.2, -0.15) is 0 Å². The van der Waals surface area contributed by atoms with Crippen LogP contribution in [0.2, 0.25) is 0 Å². The first-order chi connectivity index (χ1) is 13.5. The van der Waals surface area contributed by atoms with Crippen molar-refractivity contribution >= 4 is 17.7 Å². The van der Waals surface area contributed by atoms with Crippen LogP contribution in [0.25, 0.3) is 0 Å². The molecule has 2 fully saturated rings. The summed E-state index contributed by atoms with van der Waals surface area (Å²) < 4.78 is 0. The monoisotopic (exact) mass is 384 g/mol. The molecule has 1 aromatic carbocycles. The summed E-state index contributed by atoms with van der Waals surface area (Å²) in [4.78, 5) is 38.0. The number of hydrogen-bond acceptors (Lipinski definition) is 5. The molecule has 1 aromatic rings. The minimum absolute atomic E-state index is 0.0000315. The number of imide groups is 1. The smallest absolute Gasteiger partial charge is 0.255 e. The molecule has 4 rings (SSSR count). The molecule has 7 heteroatoms. The van der Waals surface area contributed by atoms with E-state index in [-0.39, 0.29) is 29.7 Å². The summed E-state index contributed by atoms with van der Waals surface area (Å²) in [7, 11) is 0. The molecule has 0 bridgehead atoms. The van der Waals surface area contributed by atoms with Gasteiger partial charge in [0.15, 0.2) is 0 Å². The van der Waals surface area contributed by atoms with Gasteiger partial charge in [0.2, 0.25) is 11.8 Å². The Labute approximate surface area is 165 Å². The third-order valence-corrected chi connectivity index (χ3v) is 6.46. The van der Waals surface area contributed by atoms with E-state index in [0.717, 1.165) is 24.0 Å². The van der Waals surface area contributed by atoms with Crippen LogP contribution in [0.1, 0.15) is 66.4 Å². The lowest BCUT2D eigenvalue weighted by Crippen LogP contribution is -2.52. The lowest BCUT2D eigenvalue weighted by atomic mass is 9.81. The molecule has 1 unspecified atom stereocenters. The molecule has 0 radical (unpaired) electrons. The number of hydrogen-bond donors (Lipinski definition) is 3. The van der Waals surface area contributed by atoms with Crippen molar-refractivity contribution in [1.29, 1.82) is 0 Å². The molecular formula is C21H28N4O3. The molecule has 28 heavy (non-hydrogen) atoms. The van der Waals surface area contributed by atoms with Crippen molar-refractivity contribution in [3.05, 3.63) is 34.9 Å².